The summed E-state index contributed by atoms with van der Waals surface area (Å²) in [4.78, 5) is 33.9. The molecule has 0 spiro atoms. The van der Waals surface area contributed by atoms with Crippen molar-refractivity contribution in [1.29, 1.82) is 0 Å². The molecule has 9 nitrogen and oxygen atoms in total. The van der Waals surface area contributed by atoms with Gasteiger partial charge in [-0.2, -0.15) is 0 Å². The van der Waals surface area contributed by atoms with Crippen LogP contribution in [0.4, 0.5) is 10.5 Å². The van der Waals surface area contributed by atoms with Gasteiger partial charge in [-0.3, -0.25) is 14.9 Å². The molecule has 0 radical (unpaired) electrons. The molecule has 9 heteroatoms. The maximum Gasteiger partial charge on any atom is 0.407 e. The highest BCUT2D eigenvalue weighted by Crippen LogP contribution is 2.16. The number of aliphatic hydroxyl groups excluding tert-OH is 1. The van der Waals surface area contributed by atoms with Crippen LogP contribution < -0.4 is 5.32 Å². The van der Waals surface area contributed by atoms with Gasteiger partial charge < -0.3 is 19.9 Å². The Morgan fingerprint density at radius 3 is 2.33 bits per heavy atom. The quantitative estimate of drug-likeness (QED) is 0.401. The molecule has 0 aliphatic heterocycles. The average molecular weight is 382 g/mol. The van der Waals surface area contributed by atoms with Crippen LogP contribution in [0.5, 0.6) is 0 Å². The Bertz CT molecular complexity index is 653. The molecule has 0 saturated heterocycles. The molecule has 1 unspecified atom stereocenters. The highest BCUT2D eigenvalue weighted by atomic mass is 16.6. The summed E-state index contributed by atoms with van der Waals surface area (Å²) < 4.78 is 10.0. The lowest BCUT2D eigenvalue weighted by molar-refractivity contribution is -0.384. The zero-order chi connectivity index (χ0) is 20.6. The zero-order valence-electron chi connectivity index (χ0n) is 15.9. The van der Waals surface area contributed by atoms with Gasteiger partial charge in [0.05, 0.1) is 30.1 Å². The number of nitrogens with one attached hydrogen (secondary N) is 1. The predicted octanol–water partition coefficient (Wildman–Crippen LogP) is 2.34. The van der Waals surface area contributed by atoms with E-state index in [1.165, 1.54) is 24.3 Å². The Hall–Kier alpha value is -2.68. The second-order valence-corrected chi connectivity index (χ2v) is 6.96. The summed E-state index contributed by atoms with van der Waals surface area (Å²) >= 11 is 0. The van der Waals surface area contributed by atoms with Gasteiger partial charge in [0, 0.05) is 12.1 Å². The van der Waals surface area contributed by atoms with Crippen molar-refractivity contribution in [2.75, 3.05) is 6.61 Å². The molecule has 1 aromatic carbocycles. The first-order valence-electron chi connectivity index (χ1n) is 8.58. The van der Waals surface area contributed by atoms with Crippen molar-refractivity contribution in [3.8, 4) is 0 Å². The standard InChI is InChI=1S/C18H26N2O7/c1-5-26-16(22)11-15(21)14(19-17(23)27-18(2,3)4)10-12-6-8-13(9-7-12)20(24)25/h6-9,14-15,21H,5,10-11H2,1-4H3,(H,19,23)/t14-,15?/m0/s1. The van der Waals surface area contributed by atoms with Gasteiger partial charge in [-0.05, 0) is 39.7 Å². The molecule has 2 atom stereocenters. The smallest absolute Gasteiger partial charge is 0.407 e. The Kier molecular flexibility index (Phi) is 8.17. The number of carbonyl (C=O) groups is 2. The largest absolute Gasteiger partial charge is 0.466 e. The van der Waals surface area contributed by atoms with Crippen molar-refractivity contribution in [3.63, 3.8) is 0 Å². The number of hydrogen-bond donors (Lipinski definition) is 2. The van der Waals surface area contributed by atoms with Gasteiger partial charge in [-0.15, -0.1) is 0 Å². The average Bonchev–Trinajstić information content (AvgIpc) is 2.53. The molecule has 0 aliphatic rings. The first-order chi connectivity index (χ1) is 12.5. The summed E-state index contributed by atoms with van der Waals surface area (Å²) in [6.45, 7) is 6.93. The fourth-order valence-electron chi connectivity index (χ4n) is 2.28. The number of nitro benzene ring substituents is 1. The Morgan fingerprint density at radius 2 is 1.85 bits per heavy atom. The molecule has 0 fully saturated rings. The minimum Gasteiger partial charge on any atom is -0.466 e. The molecular weight excluding hydrogens is 356 g/mol. The Labute approximate surface area is 157 Å². The van der Waals surface area contributed by atoms with Gasteiger partial charge in [-0.1, -0.05) is 12.1 Å². The number of nitrogens with zero attached hydrogens (tertiary/aromatic N) is 1. The van der Waals surface area contributed by atoms with E-state index in [0.29, 0.717) is 5.56 Å². The van der Waals surface area contributed by atoms with E-state index in [2.05, 4.69) is 5.32 Å². The van der Waals surface area contributed by atoms with Crippen LogP contribution in [0.1, 0.15) is 39.7 Å². The number of rotatable bonds is 8. The summed E-state index contributed by atoms with van der Waals surface area (Å²) in [6, 6.07) is 4.87. The first kappa shape index (κ1) is 22.4. The normalized spacial score (nSPS) is 13.4. The Balaban J connectivity index is 2.89. The van der Waals surface area contributed by atoms with Gasteiger partial charge in [0.15, 0.2) is 0 Å². The maximum atomic E-state index is 12.1. The van der Waals surface area contributed by atoms with Crippen LogP contribution in [0, 0.1) is 10.1 Å². The van der Waals surface area contributed by atoms with Gasteiger partial charge in [0.25, 0.3) is 5.69 Å². The third-order valence-electron chi connectivity index (χ3n) is 3.45. The molecule has 0 aromatic heterocycles. The minimum atomic E-state index is -1.22. The number of alkyl carbamates (subject to hydrolysis) is 1. The fourth-order valence-corrected chi connectivity index (χ4v) is 2.28. The lowest BCUT2D eigenvalue weighted by Crippen LogP contribution is -2.47. The van der Waals surface area contributed by atoms with Crippen molar-refractivity contribution >= 4 is 17.7 Å². The molecule has 0 bridgehead atoms. The van der Waals surface area contributed by atoms with Gasteiger partial charge in [0.2, 0.25) is 0 Å². The monoisotopic (exact) mass is 382 g/mol. The SMILES string of the molecule is CCOC(=O)CC(O)[C@H](Cc1ccc([N+](=O)[O-])cc1)NC(=O)OC(C)(C)C. The van der Waals surface area contributed by atoms with Crippen molar-refractivity contribution in [2.45, 2.75) is 58.3 Å². The molecule has 0 saturated carbocycles. The summed E-state index contributed by atoms with van der Waals surface area (Å²) in [7, 11) is 0. The summed E-state index contributed by atoms with van der Waals surface area (Å²) in [5.74, 6) is -0.593. The van der Waals surface area contributed by atoms with E-state index < -0.39 is 34.7 Å². The van der Waals surface area contributed by atoms with Crippen LogP contribution >= 0.6 is 0 Å². The number of nitro groups is 1. The number of ether oxygens (including phenoxy) is 2. The van der Waals surface area contributed by atoms with E-state index in [9.17, 15) is 24.8 Å². The third-order valence-corrected chi connectivity index (χ3v) is 3.45. The van der Waals surface area contributed by atoms with E-state index in [1.54, 1.807) is 27.7 Å². The van der Waals surface area contributed by atoms with Crippen LogP contribution in [-0.4, -0.2) is 46.4 Å². The van der Waals surface area contributed by atoms with Crippen LogP contribution in [0.3, 0.4) is 0 Å². The maximum absolute atomic E-state index is 12.1. The highest BCUT2D eigenvalue weighted by Gasteiger charge is 2.27. The Morgan fingerprint density at radius 1 is 1.26 bits per heavy atom. The van der Waals surface area contributed by atoms with E-state index in [0.717, 1.165) is 0 Å². The number of non-ortho nitro benzene ring substituents is 1. The van der Waals surface area contributed by atoms with Crippen LogP contribution in [0.15, 0.2) is 24.3 Å². The third kappa shape index (κ3) is 8.50. The number of hydrogen-bond acceptors (Lipinski definition) is 7. The van der Waals surface area contributed by atoms with Crippen molar-refractivity contribution in [3.05, 3.63) is 39.9 Å². The summed E-state index contributed by atoms with van der Waals surface area (Å²) in [5, 5.41) is 23.7. The van der Waals surface area contributed by atoms with E-state index in [4.69, 9.17) is 9.47 Å². The predicted molar refractivity (Wildman–Crippen MR) is 97.2 cm³/mol. The zero-order valence-corrected chi connectivity index (χ0v) is 15.9. The lowest BCUT2D eigenvalue weighted by Gasteiger charge is -2.26. The second kappa shape index (κ2) is 9.86. The number of aliphatic hydroxyl groups is 1. The van der Waals surface area contributed by atoms with E-state index >= 15 is 0 Å². The number of amides is 1. The van der Waals surface area contributed by atoms with E-state index in [1.807, 2.05) is 0 Å². The lowest BCUT2D eigenvalue weighted by atomic mass is 9.99. The van der Waals surface area contributed by atoms with Crippen LogP contribution in [-0.2, 0) is 20.7 Å². The van der Waals surface area contributed by atoms with Gasteiger partial charge >= 0.3 is 12.1 Å². The molecule has 0 aliphatic carbocycles. The molecule has 1 amide bonds. The molecule has 27 heavy (non-hydrogen) atoms. The number of benzene rings is 1. The highest BCUT2D eigenvalue weighted by molar-refractivity contribution is 5.71. The van der Waals surface area contributed by atoms with Gasteiger partial charge in [-0.25, -0.2) is 4.79 Å². The van der Waals surface area contributed by atoms with Gasteiger partial charge in [0.1, 0.15) is 5.60 Å². The van der Waals surface area contributed by atoms with Crippen LogP contribution in [0.25, 0.3) is 0 Å². The minimum absolute atomic E-state index is 0.0672. The topological polar surface area (TPSA) is 128 Å². The van der Waals surface area contributed by atoms with Crippen LogP contribution in [0.2, 0.25) is 0 Å². The first-order valence-corrected chi connectivity index (χ1v) is 8.58. The molecule has 150 valence electrons. The molecular formula is C18H26N2O7. The second-order valence-electron chi connectivity index (χ2n) is 6.96. The molecule has 2 N–H and O–H groups in total. The van der Waals surface area contributed by atoms with Crippen molar-refractivity contribution in [1.82, 2.24) is 5.32 Å². The van der Waals surface area contributed by atoms with Crippen molar-refractivity contribution < 1.29 is 29.1 Å². The van der Waals surface area contributed by atoms with Crippen molar-refractivity contribution in [2.24, 2.45) is 0 Å². The summed E-state index contributed by atoms with van der Waals surface area (Å²) in [5.41, 5.74) is -0.152. The molecule has 1 aromatic rings. The summed E-state index contributed by atoms with van der Waals surface area (Å²) in [6.07, 6.45) is -2.11. The van der Waals surface area contributed by atoms with E-state index in [-0.39, 0.29) is 25.1 Å². The number of carbonyl (C=O) groups excluding carboxylic acids is 2. The number of esters is 1. The molecule has 0 heterocycles. The molecule has 1 rings (SSSR count). The fraction of sp³-hybridized carbons (Fsp3) is 0.556.